The van der Waals surface area contributed by atoms with Gasteiger partial charge in [-0.1, -0.05) is 19.1 Å². The molecule has 0 amide bonds. The molecule has 1 atom stereocenters. The van der Waals surface area contributed by atoms with Crippen LogP contribution in [-0.2, 0) is 11.3 Å². The average molecular weight is 475 g/mol. The zero-order valence-electron chi connectivity index (χ0n) is 16.4. The highest BCUT2D eigenvalue weighted by molar-refractivity contribution is 14.0. The molecular formula is C20H34IN3O2. The largest absolute Gasteiger partial charge is 0.493 e. The third kappa shape index (κ3) is 8.12. The maximum atomic E-state index is 5.78. The first-order chi connectivity index (χ1) is 12.2. The summed E-state index contributed by atoms with van der Waals surface area (Å²) in [6.07, 6.45) is 3.46. The quantitative estimate of drug-likeness (QED) is 0.268. The molecule has 1 aliphatic heterocycles. The Kier molecular flexibility index (Phi) is 11.7. The molecule has 1 heterocycles. The van der Waals surface area contributed by atoms with Crippen LogP contribution in [0.25, 0.3) is 0 Å². The average Bonchev–Trinajstić information content (AvgIpc) is 2.63. The van der Waals surface area contributed by atoms with E-state index in [1.807, 2.05) is 12.1 Å². The number of hydrogen-bond donors (Lipinski definition) is 1. The maximum Gasteiger partial charge on any atom is 0.194 e. The molecule has 0 radical (unpaired) electrons. The highest BCUT2D eigenvalue weighted by atomic mass is 127. The van der Waals surface area contributed by atoms with E-state index in [0.717, 1.165) is 50.3 Å². The minimum Gasteiger partial charge on any atom is -0.493 e. The number of piperidine rings is 1. The van der Waals surface area contributed by atoms with Crippen LogP contribution in [-0.4, -0.2) is 50.8 Å². The van der Waals surface area contributed by atoms with Crippen molar-refractivity contribution in [3.63, 3.8) is 0 Å². The van der Waals surface area contributed by atoms with E-state index in [4.69, 9.17) is 14.5 Å². The predicted molar refractivity (Wildman–Crippen MR) is 119 cm³/mol. The third-order valence-corrected chi connectivity index (χ3v) is 4.36. The summed E-state index contributed by atoms with van der Waals surface area (Å²) in [5.74, 6) is 2.67. The first-order valence-electron chi connectivity index (χ1n) is 9.47. The molecule has 0 spiro atoms. The van der Waals surface area contributed by atoms with Gasteiger partial charge in [0, 0.05) is 39.8 Å². The number of nitrogens with one attached hydrogen (secondary N) is 1. The second-order valence-corrected chi connectivity index (χ2v) is 6.71. The summed E-state index contributed by atoms with van der Waals surface area (Å²) in [7, 11) is 1.71. The number of guanidine groups is 1. The van der Waals surface area contributed by atoms with Gasteiger partial charge >= 0.3 is 0 Å². The van der Waals surface area contributed by atoms with Gasteiger partial charge in [-0.2, -0.15) is 0 Å². The van der Waals surface area contributed by atoms with Crippen LogP contribution in [0.2, 0.25) is 0 Å². The van der Waals surface area contributed by atoms with Gasteiger partial charge in [0.25, 0.3) is 0 Å². The topological polar surface area (TPSA) is 46.1 Å². The molecule has 2 rings (SSSR count). The Morgan fingerprint density at radius 1 is 1.35 bits per heavy atom. The summed E-state index contributed by atoms with van der Waals surface area (Å²) in [6, 6.07) is 8.22. The fraction of sp³-hybridized carbons (Fsp3) is 0.650. The third-order valence-electron chi connectivity index (χ3n) is 4.36. The molecule has 0 saturated carbocycles. The zero-order chi connectivity index (χ0) is 17.9. The molecule has 148 valence electrons. The van der Waals surface area contributed by atoms with Crippen LogP contribution in [0, 0.1) is 5.92 Å². The van der Waals surface area contributed by atoms with E-state index >= 15 is 0 Å². The van der Waals surface area contributed by atoms with E-state index in [2.05, 4.69) is 36.2 Å². The van der Waals surface area contributed by atoms with Gasteiger partial charge < -0.3 is 19.7 Å². The number of benzene rings is 1. The van der Waals surface area contributed by atoms with Crippen LogP contribution in [0.1, 0.15) is 38.7 Å². The van der Waals surface area contributed by atoms with E-state index in [-0.39, 0.29) is 24.0 Å². The van der Waals surface area contributed by atoms with Crippen LogP contribution < -0.4 is 10.1 Å². The molecule has 0 aliphatic carbocycles. The minimum absolute atomic E-state index is 0. The Labute approximate surface area is 175 Å². The normalized spacial score (nSPS) is 17.6. The number of rotatable bonds is 8. The Balaban J connectivity index is 0.00000338. The van der Waals surface area contributed by atoms with Gasteiger partial charge in [0.15, 0.2) is 5.96 Å². The van der Waals surface area contributed by atoms with E-state index < -0.39 is 0 Å². The van der Waals surface area contributed by atoms with Crippen molar-refractivity contribution in [2.24, 2.45) is 10.9 Å². The summed E-state index contributed by atoms with van der Waals surface area (Å²) in [5.41, 5.74) is 1.17. The van der Waals surface area contributed by atoms with Crippen molar-refractivity contribution in [2.45, 2.75) is 39.7 Å². The molecule has 1 unspecified atom stereocenters. The van der Waals surface area contributed by atoms with Gasteiger partial charge in [-0.3, -0.25) is 0 Å². The minimum atomic E-state index is 0. The second-order valence-electron chi connectivity index (χ2n) is 6.71. The molecule has 1 aliphatic rings. The Bertz CT molecular complexity index is 540. The lowest BCUT2D eigenvalue weighted by Crippen LogP contribution is -2.46. The number of methoxy groups -OCH3 is 1. The van der Waals surface area contributed by atoms with Gasteiger partial charge in [-0.05, 0) is 43.4 Å². The fourth-order valence-electron chi connectivity index (χ4n) is 3.10. The van der Waals surface area contributed by atoms with Gasteiger partial charge in [0.2, 0.25) is 0 Å². The Morgan fingerprint density at radius 3 is 2.92 bits per heavy atom. The number of aliphatic imine (C=N–C) groups is 1. The molecule has 1 N–H and O–H groups in total. The lowest BCUT2D eigenvalue weighted by atomic mass is 10.0. The number of likely N-dealkylation sites (tertiary alicyclic amines) is 1. The first kappa shape index (κ1) is 23.0. The number of ether oxygens (including phenoxy) is 2. The number of nitrogens with zero attached hydrogens (tertiary/aromatic N) is 2. The first-order valence-corrected chi connectivity index (χ1v) is 9.47. The second kappa shape index (κ2) is 13.2. The summed E-state index contributed by atoms with van der Waals surface area (Å²) in [6.45, 7) is 9.60. The monoisotopic (exact) mass is 475 g/mol. The number of hydrogen-bond acceptors (Lipinski definition) is 3. The molecule has 1 aromatic carbocycles. The van der Waals surface area contributed by atoms with Crippen LogP contribution in [0.5, 0.6) is 5.75 Å². The zero-order valence-corrected chi connectivity index (χ0v) is 18.7. The van der Waals surface area contributed by atoms with Gasteiger partial charge in [0.05, 0.1) is 13.2 Å². The van der Waals surface area contributed by atoms with Gasteiger partial charge in [-0.25, -0.2) is 4.99 Å². The summed E-state index contributed by atoms with van der Waals surface area (Å²) >= 11 is 0. The van der Waals surface area contributed by atoms with E-state index in [9.17, 15) is 0 Å². The van der Waals surface area contributed by atoms with Crippen LogP contribution in [0.4, 0.5) is 0 Å². The van der Waals surface area contributed by atoms with E-state index in [1.165, 1.54) is 18.4 Å². The van der Waals surface area contributed by atoms with Gasteiger partial charge in [-0.15, -0.1) is 24.0 Å². The van der Waals surface area contributed by atoms with Crippen molar-refractivity contribution >= 4 is 29.9 Å². The summed E-state index contributed by atoms with van der Waals surface area (Å²) in [5, 5.41) is 3.44. The Morgan fingerprint density at radius 2 is 2.19 bits per heavy atom. The molecule has 5 nitrogen and oxygen atoms in total. The van der Waals surface area contributed by atoms with Crippen molar-refractivity contribution < 1.29 is 9.47 Å². The van der Waals surface area contributed by atoms with Crippen LogP contribution in [0.3, 0.4) is 0 Å². The maximum absolute atomic E-state index is 5.78. The molecule has 0 bridgehead atoms. The van der Waals surface area contributed by atoms with Gasteiger partial charge in [0.1, 0.15) is 5.75 Å². The molecule has 26 heavy (non-hydrogen) atoms. The molecule has 1 saturated heterocycles. The Hall–Kier alpha value is -1.02. The smallest absolute Gasteiger partial charge is 0.194 e. The van der Waals surface area contributed by atoms with Crippen molar-refractivity contribution in [1.82, 2.24) is 10.2 Å². The predicted octanol–water partition coefficient (Wildman–Crippen LogP) is 3.92. The molecule has 0 aromatic heterocycles. The molecule has 1 aromatic rings. The lowest BCUT2D eigenvalue weighted by Gasteiger charge is -2.33. The van der Waals surface area contributed by atoms with Crippen molar-refractivity contribution in [3.8, 4) is 5.75 Å². The summed E-state index contributed by atoms with van der Waals surface area (Å²) < 4.78 is 10.8. The van der Waals surface area contributed by atoms with Crippen molar-refractivity contribution in [3.05, 3.63) is 29.8 Å². The standard InChI is InChI=1S/C20H33N3O2.HI/c1-4-21-20(23-11-6-8-17(2)16-23)22-15-18-9-5-10-19(14-18)25-13-7-12-24-3;/h5,9-10,14,17H,4,6-8,11-13,15-16H2,1-3H3,(H,21,22);1H. The fourth-order valence-corrected chi connectivity index (χ4v) is 3.10. The van der Waals surface area contributed by atoms with Crippen LogP contribution >= 0.6 is 24.0 Å². The number of halogens is 1. The van der Waals surface area contributed by atoms with Crippen molar-refractivity contribution in [1.29, 1.82) is 0 Å². The summed E-state index contributed by atoms with van der Waals surface area (Å²) in [4.78, 5) is 7.24. The molecule has 1 fully saturated rings. The highest BCUT2D eigenvalue weighted by Crippen LogP contribution is 2.17. The lowest BCUT2D eigenvalue weighted by molar-refractivity contribution is 0.172. The highest BCUT2D eigenvalue weighted by Gasteiger charge is 2.18. The van der Waals surface area contributed by atoms with Crippen LogP contribution in [0.15, 0.2) is 29.3 Å². The van der Waals surface area contributed by atoms with Crippen molar-refractivity contribution in [2.75, 3.05) is 40.0 Å². The SMILES string of the molecule is CCNC(=NCc1cccc(OCCCOC)c1)N1CCCC(C)C1.I. The van der Waals surface area contributed by atoms with E-state index in [0.29, 0.717) is 13.2 Å². The molecule has 6 heteroatoms. The molecular weight excluding hydrogens is 441 g/mol. The van der Waals surface area contributed by atoms with E-state index in [1.54, 1.807) is 7.11 Å².